The van der Waals surface area contributed by atoms with Gasteiger partial charge in [-0.1, -0.05) is 18.2 Å². The fraction of sp³-hybridized carbons (Fsp3) is 0.364. The number of carbonyl (C=O) groups excluding carboxylic acids is 4. The summed E-state index contributed by atoms with van der Waals surface area (Å²) in [5.41, 5.74) is 5.29. The number of primary amides is 1. The smallest absolute Gasteiger partial charge is 0.404 e. The molecule has 1 saturated heterocycles. The Balaban J connectivity index is 1.49. The monoisotopic (exact) mass is 535 g/mol. The van der Waals surface area contributed by atoms with Crippen molar-refractivity contribution in [3.63, 3.8) is 0 Å². The molecule has 0 saturated carbocycles. The number of carboxylic acid groups (broad SMARTS) is 2. The van der Waals surface area contributed by atoms with Gasteiger partial charge in [-0.2, -0.15) is 0 Å². The lowest BCUT2D eigenvalue weighted by Crippen LogP contribution is -2.70. The van der Waals surface area contributed by atoms with Crippen LogP contribution >= 0.6 is 11.8 Å². The Kier molecular flexibility index (Phi) is 8.95. The number of nitrogens with one attached hydrogen (secondary N) is 3. The summed E-state index contributed by atoms with van der Waals surface area (Å²) in [6.07, 6.45) is -1.14. The zero-order chi connectivity index (χ0) is 27.1. The summed E-state index contributed by atoms with van der Waals surface area (Å²) in [6.45, 7) is -0.375. The van der Waals surface area contributed by atoms with Gasteiger partial charge in [0, 0.05) is 23.4 Å². The summed E-state index contributed by atoms with van der Waals surface area (Å²) < 4.78 is 4.65. The number of nitrogens with zero attached hydrogens (tertiary/aromatic N) is 1. The van der Waals surface area contributed by atoms with E-state index < -0.39 is 53.3 Å². The van der Waals surface area contributed by atoms with Crippen molar-refractivity contribution in [2.75, 3.05) is 17.7 Å². The number of carboxylic acids is 2. The summed E-state index contributed by atoms with van der Waals surface area (Å²) in [5, 5.41) is 25.7. The summed E-state index contributed by atoms with van der Waals surface area (Å²) in [6, 6.07) is 5.53. The van der Waals surface area contributed by atoms with E-state index in [1.165, 1.54) is 11.8 Å². The molecule has 0 aromatic heterocycles. The van der Waals surface area contributed by atoms with Gasteiger partial charge >= 0.3 is 24.1 Å². The van der Waals surface area contributed by atoms with Crippen LogP contribution in [-0.4, -0.2) is 80.8 Å². The second kappa shape index (κ2) is 12.1. The van der Waals surface area contributed by atoms with Gasteiger partial charge in [-0.05, 0) is 25.0 Å². The van der Waals surface area contributed by atoms with Crippen LogP contribution in [0, 0.1) is 0 Å². The topological polar surface area (TPSA) is 217 Å². The molecule has 7 N–H and O–H groups in total. The maximum Gasteiger partial charge on any atom is 0.404 e. The number of β-lactam (4-membered cyclic amide) rings is 1. The van der Waals surface area contributed by atoms with Gasteiger partial charge in [-0.3, -0.25) is 14.5 Å². The van der Waals surface area contributed by atoms with Crippen molar-refractivity contribution in [1.29, 1.82) is 0 Å². The molecule has 37 heavy (non-hydrogen) atoms. The SMILES string of the molecule is NC(=O)OCC1=C(C(=O)O)N2C(=O)C(NC(=O)CCCC(NC(=O)Nc3ccccc3)C(=O)O)[C@H]2SC1. The molecule has 1 aromatic rings. The van der Waals surface area contributed by atoms with Crippen LogP contribution in [0.4, 0.5) is 15.3 Å². The lowest BCUT2D eigenvalue weighted by molar-refractivity contribution is -0.150. The van der Waals surface area contributed by atoms with Crippen molar-refractivity contribution in [1.82, 2.24) is 15.5 Å². The third-order valence-corrected chi connectivity index (χ3v) is 6.83. The highest BCUT2D eigenvalue weighted by molar-refractivity contribution is 8.00. The number of hydrogen-bond acceptors (Lipinski definition) is 8. The van der Waals surface area contributed by atoms with Crippen LogP contribution in [-0.2, 0) is 23.9 Å². The van der Waals surface area contributed by atoms with Crippen molar-refractivity contribution in [3.8, 4) is 0 Å². The van der Waals surface area contributed by atoms with Crippen LogP contribution in [0.2, 0.25) is 0 Å². The van der Waals surface area contributed by atoms with Gasteiger partial charge in [-0.15, -0.1) is 11.8 Å². The number of urea groups is 1. The highest BCUT2D eigenvalue weighted by Gasteiger charge is 2.54. The molecule has 0 radical (unpaired) electrons. The van der Waals surface area contributed by atoms with Crippen LogP contribution in [0.5, 0.6) is 0 Å². The van der Waals surface area contributed by atoms with Crippen molar-refractivity contribution in [3.05, 3.63) is 41.6 Å². The normalized spacial score (nSPS) is 19.1. The van der Waals surface area contributed by atoms with Crippen molar-refractivity contribution < 1.29 is 43.7 Å². The Morgan fingerprint density at radius 1 is 1.16 bits per heavy atom. The molecule has 15 heteroatoms. The molecule has 2 heterocycles. The maximum absolute atomic E-state index is 12.6. The second-order valence-corrected chi connectivity index (χ2v) is 9.17. The minimum absolute atomic E-state index is 0.0387. The number of anilines is 1. The van der Waals surface area contributed by atoms with Crippen molar-refractivity contribution in [2.45, 2.75) is 36.7 Å². The van der Waals surface area contributed by atoms with Crippen LogP contribution in [0.1, 0.15) is 19.3 Å². The first kappa shape index (κ1) is 27.3. The van der Waals surface area contributed by atoms with E-state index in [1.807, 2.05) is 0 Å². The molecular formula is C22H25N5O9S. The van der Waals surface area contributed by atoms with Crippen LogP contribution in [0.3, 0.4) is 0 Å². The third-order valence-electron chi connectivity index (χ3n) is 5.49. The summed E-state index contributed by atoms with van der Waals surface area (Å²) in [7, 11) is 0. The number of amides is 5. The van der Waals surface area contributed by atoms with E-state index in [1.54, 1.807) is 30.3 Å². The highest BCUT2D eigenvalue weighted by Crippen LogP contribution is 2.40. The Hall–Kier alpha value is -4.27. The lowest BCUT2D eigenvalue weighted by atomic mass is 10.0. The molecule has 3 atom stereocenters. The summed E-state index contributed by atoms with van der Waals surface area (Å²) in [5.74, 6) is -3.67. The standard InChI is InChI=1S/C22H25N5O9S/c23-21(34)36-9-11-10-37-18-15(17(29)27(18)16(11)20(32)33)26-14(28)8-4-7-13(19(30)31)25-22(35)24-12-5-2-1-3-6-12/h1-3,5-6,13,15,18H,4,7-10H2,(H2,23,34)(H,26,28)(H,30,31)(H,32,33)(H2,24,25,35)/t13?,15?,18-/m1/s1. The van der Waals surface area contributed by atoms with Crippen LogP contribution in [0.25, 0.3) is 0 Å². The molecule has 0 bridgehead atoms. The highest BCUT2D eigenvalue weighted by atomic mass is 32.2. The Morgan fingerprint density at radius 3 is 2.49 bits per heavy atom. The largest absolute Gasteiger partial charge is 0.480 e. The maximum atomic E-state index is 12.6. The second-order valence-electron chi connectivity index (χ2n) is 8.07. The zero-order valence-electron chi connectivity index (χ0n) is 19.3. The summed E-state index contributed by atoms with van der Waals surface area (Å²) >= 11 is 1.19. The molecule has 198 valence electrons. The van der Waals surface area contributed by atoms with Gasteiger partial charge in [0.05, 0.1) is 0 Å². The molecular weight excluding hydrogens is 510 g/mol. The molecule has 2 unspecified atom stereocenters. The number of para-hydroxylation sites is 1. The first-order valence-corrected chi connectivity index (χ1v) is 12.1. The summed E-state index contributed by atoms with van der Waals surface area (Å²) in [4.78, 5) is 72.2. The van der Waals surface area contributed by atoms with E-state index in [9.17, 15) is 39.0 Å². The number of thioether (sulfide) groups is 1. The van der Waals surface area contributed by atoms with Gasteiger partial charge in [-0.25, -0.2) is 19.2 Å². The molecule has 1 fully saturated rings. The van der Waals surface area contributed by atoms with E-state index in [2.05, 4.69) is 20.7 Å². The van der Waals surface area contributed by atoms with Crippen LogP contribution in [0.15, 0.2) is 41.6 Å². The molecule has 0 aliphatic carbocycles. The average Bonchev–Trinajstić information content (AvgIpc) is 2.85. The number of carbonyl (C=O) groups is 6. The van der Waals surface area contributed by atoms with E-state index in [0.717, 1.165) is 4.90 Å². The average molecular weight is 536 g/mol. The molecule has 2 aliphatic heterocycles. The number of fused-ring (bicyclic) bond motifs is 1. The van der Waals surface area contributed by atoms with E-state index in [0.29, 0.717) is 5.69 Å². The number of hydrogen-bond donors (Lipinski definition) is 6. The molecule has 1 aromatic carbocycles. The first-order chi connectivity index (χ1) is 17.6. The van der Waals surface area contributed by atoms with E-state index >= 15 is 0 Å². The molecule has 14 nitrogen and oxygen atoms in total. The van der Waals surface area contributed by atoms with Gasteiger partial charge in [0.1, 0.15) is 29.8 Å². The first-order valence-electron chi connectivity index (χ1n) is 11.1. The molecule has 5 amide bonds. The molecule has 2 aliphatic rings. The zero-order valence-corrected chi connectivity index (χ0v) is 20.2. The molecule has 0 spiro atoms. The predicted molar refractivity (Wildman–Crippen MR) is 129 cm³/mol. The van der Waals surface area contributed by atoms with Gasteiger partial charge in [0.25, 0.3) is 5.91 Å². The van der Waals surface area contributed by atoms with E-state index in [-0.39, 0.29) is 42.9 Å². The minimum atomic E-state index is -1.38. The van der Waals surface area contributed by atoms with Crippen molar-refractivity contribution >= 4 is 53.3 Å². The van der Waals surface area contributed by atoms with E-state index in [4.69, 9.17) is 5.73 Å². The molecule has 3 rings (SSSR count). The quantitative estimate of drug-likeness (QED) is 0.212. The third kappa shape index (κ3) is 6.91. The van der Waals surface area contributed by atoms with Crippen molar-refractivity contribution in [2.24, 2.45) is 5.73 Å². The van der Waals surface area contributed by atoms with Gasteiger partial charge < -0.3 is 36.6 Å². The van der Waals surface area contributed by atoms with Gasteiger partial charge in [0.15, 0.2) is 0 Å². The van der Waals surface area contributed by atoms with Crippen LogP contribution < -0.4 is 21.7 Å². The number of aliphatic carboxylic acids is 2. The number of benzene rings is 1. The minimum Gasteiger partial charge on any atom is -0.480 e. The number of nitrogens with two attached hydrogens (primary N) is 1. The fourth-order valence-corrected chi connectivity index (χ4v) is 5.10. The number of ether oxygens (including phenoxy) is 1. The Bertz CT molecular complexity index is 1130. The Labute approximate surface area is 214 Å². The lowest BCUT2D eigenvalue weighted by Gasteiger charge is -2.49. The fourth-order valence-electron chi connectivity index (χ4n) is 3.77. The Morgan fingerprint density at radius 2 is 1.86 bits per heavy atom. The van der Waals surface area contributed by atoms with Gasteiger partial charge in [0.2, 0.25) is 5.91 Å². The predicted octanol–water partition coefficient (Wildman–Crippen LogP) is 0.266. The number of rotatable bonds is 11.